The molecular weight excluding hydrogens is 354 g/mol. The topological polar surface area (TPSA) is 55.8 Å². The lowest BCUT2D eigenvalue weighted by atomic mass is 9.91. The number of rotatable bonds is 9. The molecule has 28 heavy (non-hydrogen) atoms. The van der Waals surface area contributed by atoms with E-state index in [4.69, 9.17) is 9.47 Å². The Kier molecular flexibility index (Phi) is 8.49. The summed E-state index contributed by atoms with van der Waals surface area (Å²) >= 11 is 0. The Hall–Kier alpha value is -1.88. The van der Waals surface area contributed by atoms with Crippen molar-refractivity contribution in [2.45, 2.75) is 78.0 Å². The Bertz CT molecular complexity index is 617. The third-order valence-electron chi connectivity index (χ3n) is 5.00. The normalized spacial score (nSPS) is 17.1. The summed E-state index contributed by atoms with van der Waals surface area (Å²) in [5.74, 6) is -0.779. The van der Waals surface area contributed by atoms with E-state index < -0.39 is 5.60 Å². The van der Waals surface area contributed by atoms with Gasteiger partial charge in [-0.15, -0.1) is 0 Å². The van der Waals surface area contributed by atoms with Crippen LogP contribution in [0.4, 0.5) is 0 Å². The molecule has 1 saturated heterocycles. The smallest absolute Gasteiger partial charge is 0.311 e. The number of benzene rings is 1. The monoisotopic (exact) mass is 389 g/mol. The molecule has 0 spiro atoms. The first-order valence-electron chi connectivity index (χ1n) is 10.5. The van der Waals surface area contributed by atoms with Gasteiger partial charge in [-0.25, -0.2) is 0 Å². The van der Waals surface area contributed by atoms with Crippen molar-refractivity contribution in [2.75, 3.05) is 13.1 Å². The van der Waals surface area contributed by atoms with Gasteiger partial charge >= 0.3 is 11.9 Å². The van der Waals surface area contributed by atoms with Crippen molar-refractivity contribution in [3.05, 3.63) is 35.9 Å². The highest BCUT2D eigenvalue weighted by Gasteiger charge is 2.37. The fourth-order valence-electron chi connectivity index (χ4n) is 3.72. The number of carbonyl (C=O) groups excluding carboxylic acids is 2. The van der Waals surface area contributed by atoms with Gasteiger partial charge in [0.1, 0.15) is 12.2 Å². The first-order valence-corrected chi connectivity index (χ1v) is 10.5. The third kappa shape index (κ3) is 7.27. The average molecular weight is 390 g/mol. The summed E-state index contributed by atoms with van der Waals surface area (Å²) in [6.07, 6.45) is 4.00. The minimum absolute atomic E-state index is 0.166. The zero-order valence-electron chi connectivity index (χ0n) is 17.8. The number of ether oxygens (including phenoxy) is 2. The van der Waals surface area contributed by atoms with Gasteiger partial charge in [0.05, 0.1) is 12.3 Å². The van der Waals surface area contributed by atoms with E-state index in [-0.39, 0.29) is 36.9 Å². The van der Waals surface area contributed by atoms with Gasteiger partial charge in [0.2, 0.25) is 0 Å². The second-order valence-corrected chi connectivity index (χ2v) is 8.59. The number of esters is 2. The maximum absolute atomic E-state index is 12.9. The predicted octanol–water partition coefficient (Wildman–Crippen LogP) is 4.34. The summed E-state index contributed by atoms with van der Waals surface area (Å²) in [7, 11) is 0. The number of hydrogen-bond acceptors (Lipinski definition) is 5. The van der Waals surface area contributed by atoms with E-state index in [0.717, 1.165) is 37.9 Å². The molecular formula is C23H35NO4. The molecule has 0 aromatic heterocycles. The molecule has 5 nitrogen and oxygen atoms in total. The predicted molar refractivity (Wildman–Crippen MR) is 110 cm³/mol. The molecule has 0 N–H and O–H groups in total. The van der Waals surface area contributed by atoms with Gasteiger partial charge in [-0.05, 0) is 58.7 Å². The molecule has 0 aliphatic carbocycles. The van der Waals surface area contributed by atoms with Crippen molar-refractivity contribution in [1.82, 2.24) is 4.90 Å². The van der Waals surface area contributed by atoms with Crippen molar-refractivity contribution in [1.29, 1.82) is 0 Å². The third-order valence-corrected chi connectivity index (χ3v) is 5.00. The minimum Gasteiger partial charge on any atom is -0.461 e. The lowest BCUT2D eigenvalue weighted by Gasteiger charge is -2.34. The Morgan fingerprint density at radius 3 is 2.32 bits per heavy atom. The standard InChI is InChI=1S/C23H35NO4/c1-5-11-19(22(26)28-23(2,3)4)20(24-14-9-10-15-24)16-21(25)27-17-18-12-7-6-8-13-18/h6-8,12-13,19-20H,5,9-11,14-17H2,1-4H3. The molecule has 5 heteroatoms. The van der Waals surface area contributed by atoms with Crippen LogP contribution in [0.25, 0.3) is 0 Å². The summed E-state index contributed by atoms with van der Waals surface area (Å²) in [5.41, 5.74) is 0.428. The first kappa shape index (κ1) is 22.4. The van der Waals surface area contributed by atoms with E-state index in [0.29, 0.717) is 6.42 Å². The van der Waals surface area contributed by atoms with E-state index >= 15 is 0 Å². The van der Waals surface area contributed by atoms with Gasteiger partial charge in [-0.3, -0.25) is 14.5 Å². The van der Waals surface area contributed by atoms with Crippen LogP contribution in [0, 0.1) is 5.92 Å². The molecule has 0 amide bonds. The Morgan fingerprint density at radius 2 is 1.75 bits per heavy atom. The van der Waals surface area contributed by atoms with Crippen molar-refractivity contribution in [3.8, 4) is 0 Å². The average Bonchev–Trinajstić information content (AvgIpc) is 3.16. The van der Waals surface area contributed by atoms with E-state index in [2.05, 4.69) is 11.8 Å². The summed E-state index contributed by atoms with van der Waals surface area (Å²) in [4.78, 5) is 27.8. The zero-order chi connectivity index (χ0) is 20.6. The van der Waals surface area contributed by atoms with Crippen molar-refractivity contribution in [2.24, 2.45) is 5.92 Å². The number of hydrogen-bond donors (Lipinski definition) is 0. The fraction of sp³-hybridized carbons (Fsp3) is 0.652. The fourth-order valence-corrected chi connectivity index (χ4v) is 3.72. The second kappa shape index (κ2) is 10.6. The maximum atomic E-state index is 12.9. The summed E-state index contributed by atoms with van der Waals surface area (Å²) in [6.45, 7) is 9.80. The SMILES string of the molecule is CCCC(C(=O)OC(C)(C)C)C(CC(=O)OCc1ccccc1)N1CCCC1. The summed E-state index contributed by atoms with van der Waals surface area (Å²) in [6, 6.07) is 9.50. The van der Waals surface area contributed by atoms with Crippen LogP contribution in [0.1, 0.15) is 65.4 Å². The van der Waals surface area contributed by atoms with Gasteiger partial charge in [-0.1, -0.05) is 43.7 Å². The summed E-state index contributed by atoms with van der Waals surface area (Å²) in [5, 5.41) is 0. The molecule has 156 valence electrons. The van der Waals surface area contributed by atoms with Gasteiger partial charge in [0, 0.05) is 6.04 Å². The highest BCUT2D eigenvalue weighted by molar-refractivity contribution is 5.76. The molecule has 1 fully saturated rings. The lowest BCUT2D eigenvalue weighted by molar-refractivity contribution is -0.163. The van der Waals surface area contributed by atoms with Crippen LogP contribution in [0.5, 0.6) is 0 Å². The maximum Gasteiger partial charge on any atom is 0.311 e. The molecule has 0 bridgehead atoms. The molecule has 1 aliphatic rings. The Labute approximate surface area is 169 Å². The minimum atomic E-state index is -0.535. The molecule has 2 unspecified atom stereocenters. The molecule has 2 rings (SSSR count). The molecule has 1 heterocycles. The van der Waals surface area contributed by atoms with Crippen LogP contribution in [0.15, 0.2) is 30.3 Å². The zero-order valence-corrected chi connectivity index (χ0v) is 17.8. The molecule has 1 aromatic rings. The van der Waals surface area contributed by atoms with E-state index in [1.165, 1.54) is 0 Å². The van der Waals surface area contributed by atoms with Crippen LogP contribution in [-0.4, -0.2) is 41.6 Å². The largest absolute Gasteiger partial charge is 0.461 e. The van der Waals surface area contributed by atoms with Gasteiger partial charge in [-0.2, -0.15) is 0 Å². The first-order chi connectivity index (χ1) is 13.3. The highest BCUT2D eigenvalue weighted by Crippen LogP contribution is 2.27. The number of nitrogens with zero attached hydrogens (tertiary/aromatic N) is 1. The highest BCUT2D eigenvalue weighted by atomic mass is 16.6. The van der Waals surface area contributed by atoms with Crippen LogP contribution in [-0.2, 0) is 25.7 Å². The lowest BCUT2D eigenvalue weighted by Crippen LogP contribution is -2.45. The second-order valence-electron chi connectivity index (χ2n) is 8.59. The molecule has 1 aliphatic heterocycles. The van der Waals surface area contributed by atoms with Crippen LogP contribution in [0.2, 0.25) is 0 Å². The summed E-state index contributed by atoms with van der Waals surface area (Å²) < 4.78 is 11.2. The number of likely N-dealkylation sites (tertiary alicyclic amines) is 1. The van der Waals surface area contributed by atoms with Gasteiger partial charge in [0.15, 0.2) is 0 Å². The molecule has 0 radical (unpaired) electrons. The van der Waals surface area contributed by atoms with Crippen molar-refractivity contribution < 1.29 is 19.1 Å². The van der Waals surface area contributed by atoms with Crippen LogP contribution >= 0.6 is 0 Å². The van der Waals surface area contributed by atoms with E-state index in [1.807, 2.05) is 51.1 Å². The van der Waals surface area contributed by atoms with E-state index in [9.17, 15) is 9.59 Å². The Balaban J connectivity index is 2.07. The molecule has 1 aromatic carbocycles. The molecule has 2 atom stereocenters. The van der Waals surface area contributed by atoms with Crippen molar-refractivity contribution in [3.63, 3.8) is 0 Å². The quantitative estimate of drug-likeness (QED) is 0.588. The van der Waals surface area contributed by atoms with Crippen molar-refractivity contribution >= 4 is 11.9 Å². The molecule has 0 saturated carbocycles. The van der Waals surface area contributed by atoms with Gasteiger partial charge < -0.3 is 9.47 Å². The van der Waals surface area contributed by atoms with Gasteiger partial charge in [0.25, 0.3) is 0 Å². The van der Waals surface area contributed by atoms with Crippen LogP contribution < -0.4 is 0 Å². The Morgan fingerprint density at radius 1 is 1.11 bits per heavy atom. The van der Waals surface area contributed by atoms with Crippen LogP contribution in [0.3, 0.4) is 0 Å². The van der Waals surface area contributed by atoms with E-state index in [1.54, 1.807) is 0 Å². The number of carbonyl (C=O) groups is 2.